The normalized spacial score (nSPS) is 11.5. The summed E-state index contributed by atoms with van der Waals surface area (Å²) in [5.41, 5.74) is 1.72. The zero-order valence-electron chi connectivity index (χ0n) is 15.0. The van der Waals surface area contributed by atoms with Crippen molar-refractivity contribution in [2.24, 2.45) is 0 Å². The summed E-state index contributed by atoms with van der Waals surface area (Å²) in [6.45, 7) is 1.62. The van der Waals surface area contributed by atoms with E-state index in [1.165, 1.54) is 0 Å². The highest BCUT2D eigenvalue weighted by atomic mass is 35.5. The van der Waals surface area contributed by atoms with Crippen molar-refractivity contribution in [1.29, 1.82) is 0 Å². The molecule has 6 heteroatoms. The lowest BCUT2D eigenvalue weighted by Crippen LogP contribution is -2.30. The average Bonchev–Trinajstić information content (AvgIpc) is 2.70. The number of ether oxygens (including phenoxy) is 1. The van der Waals surface area contributed by atoms with E-state index in [-0.39, 0.29) is 11.7 Å². The fraction of sp³-hybridized carbons (Fsp3) is 0.0909. The first-order valence-electron chi connectivity index (χ1n) is 8.56. The first-order chi connectivity index (χ1) is 13.4. The largest absolute Gasteiger partial charge is 0.479 e. The van der Waals surface area contributed by atoms with Crippen molar-refractivity contribution in [1.82, 2.24) is 0 Å². The van der Waals surface area contributed by atoms with Crippen LogP contribution in [0.2, 0.25) is 10.0 Å². The molecule has 0 aliphatic carbocycles. The Kier molecular flexibility index (Phi) is 6.34. The molecule has 0 radical (unpaired) electrons. The van der Waals surface area contributed by atoms with Gasteiger partial charge in [0.2, 0.25) is 0 Å². The number of hydrogen-bond donors (Lipinski definition) is 1. The molecule has 1 amide bonds. The molecule has 1 atom stereocenters. The Balaban J connectivity index is 1.63. The Labute approximate surface area is 173 Å². The van der Waals surface area contributed by atoms with Crippen molar-refractivity contribution < 1.29 is 14.3 Å². The Morgan fingerprint density at radius 3 is 2.18 bits per heavy atom. The lowest BCUT2D eigenvalue weighted by atomic mass is 10.0. The fourth-order valence-electron chi connectivity index (χ4n) is 2.52. The van der Waals surface area contributed by atoms with Crippen LogP contribution in [0.5, 0.6) is 5.75 Å². The molecule has 28 heavy (non-hydrogen) atoms. The van der Waals surface area contributed by atoms with E-state index in [0.29, 0.717) is 32.6 Å². The van der Waals surface area contributed by atoms with Crippen LogP contribution in [0, 0.1) is 0 Å². The Bertz CT molecular complexity index is 988. The monoisotopic (exact) mass is 413 g/mol. The van der Waals surface area contributed by atoms with Gasteiger partial charge >= 0.3 is 0 Å². The van der Waals surface area contributed by atoms with Crippen LogP contribution in [-0.4, -0.2) is 17.8 Å². The molecule has 0 unspecified atom stereocenters. The highest BCUT2D eigenvalue weighted by Crippen LogP contribution is 2.28. The predicted octanol–water partition coefficient (Wildman–Crippen LogP) is 5.63. The van der Waals surface area contributed by atoms with Gasteiger partial charge in [0.25, 0.3) is 5.91 Å². The Morgan fingerprint density at radius 1 is 0.893 bits per heavy atom. The number of hydrogen-bond acceptors (Lipinski definition) is 3. The highest BCUT2D eigenvalue weighted by Gasteiger charge is 2.17. The van der Waals surface area contributed by atoms with Crippen LogP contribution >= 0.6 is 23.2 Å². The molecule has 1 N–H and O–H groups in total. The Hall–Kier alpha value is -2.82. The van der Waals surface area contributed by atoms with Crippen LogP contribution in [0.3, 0.4) is 0 Å². The maximum Gasteiger partial charge on any atom is 0.265 e. The van der Waals surface area contributed by atoms with Crippen LogP contribution in [0.4, 0.5) is 5.69 Å². The average molecular weight is 414 g/mol. The zero-order chi connectivity index (χ0) is 20.1. The van der Waals surface area contributed by atoms with E-state index in [4.69, 9.17) is 27.9 Å². The molecule has 0 aromatic heterocycles. The second-order valence-corrected chi connectivity index (χ2v) is 6.94. The molecule has 0 fully saturated rings. The third kappa shape index (κ3) is 4.91. The van der Waals surface area contributed by atoms with E-state index >= 15 is 0 Å². The number of carbonyl (C=O) groups is 2. The van der Waals surface area contributed by atoms with Crippen LogP contribution in [-0.2, 0) is 4.79 Å². The molecular formula is C22H17Cl2NO3. The molecule has 0 aliphatic heterocycles. The Morgan fingerprint density at radius 2 is 1.54 bits per heavy atom. The van der Waals surface area contributed by atoms with E-state index in [0.717, 1.165) is 0 Å². The SMILES string of the molecule is C[C@H](Oc1ccc(Cl)cc1Cl)C(=O)Nc1ccc(C(=O)c2ccccc2)cc1. The minimum atomic E-state index is -0.774. The first-order valence-corrected chi connectivity index (χ1v) is 9.32. The summed E-state index contributed by atoms with van der Waals surface area (Å²) < 4.78 is 5.60. The molecule has 3 rings (SSSR count). The topological polar surface area (TPSA) is 55.4 Å². The number of carbonyl (C=O) groups excluding carboxylic acids is 2. The lowest BCUT2D eigenvalue weighted by Gasteiger charge is -2.16. The minimum absolute atomic E-state index is 0.0763. The molecule has 3 aromatic carbocycles. The molecule has 142 valence electrons. The van der Waals surface area contributed by atoms with Crippen molar-refractivity contribution in [3.05, 3.63) is 94.0 Å². The van der Waals surface area contributed by atoms with Gasteiger partial charge in [0.15, 0.2) is 11.9 Å². The van der Waals surface area contributed by atoms with Gasteiger partial charge < -0.3 is 10.1 Å². The van der Waals surface area contributed by atoms with Crippen molar-refractivity contribution >= 4 is 40.6 Å². The molecule has 0 spiro atoms. The predicted molar refractivity (Wildman–Crippen MR) is 111 cm³/mol. The van der Waals surface area contributed by atoms with Crippen LogP contribution in [0.15, 0.2) is 72.8 Å². The van der Waals surface area contributed by atoms with Gasteiger partial charge in [0.05, 0.1) is 5.02 Å². The summed E-state index contributed by atoms with van der Waals surface area (Å²) in [5, 5.41) is 3.57. The molecular weight excluding hydrogens is 397 g/mol. The van der Waals surface area contributed by atoms with Crippen LogP contribution in [0.1, 0.15) is 22.8 Å². The van der Waals surface area contributed by atoms with Gasteiger partial charge in [-0.15, -0.1) is 0 Å². The third-order valence-electron chi connectivity index (χ3n) is 4.02. The van der Waals surface area contributed by atoms with E-state index in [1.54, 1.807) is 61.5 Å². The summed E-state index contributed by atoms with van der Waals surface area (Å²) in [7, 11) is 0. The molecule has 0 aliphatic rings. The van der Waals surface area contributed by atoms with E-state index in [1.807, 2.05) is 18.2 Å². The van der Waals surface area contributed by atoms with Gasteiger partial charge in [-0.3, -0.25) is 9.59 Å². The number of ketones is 1. The smallest absolute Gasteiger partial charge is 0.265 e. The number of rotatable bonds is 6. The fourth-order valence-corrected chi connectivity index (χ4v) is 2.97. The summed E-state index contributed by atoms with van der Waals surface area (Å²) >= 11 is 11.9. The van der Waals surface area contributed by atoms with Gasteiger partial charge in [-0.1, -0.05) is 53.5 Å². The van der Waals surface area contributed by atoms with E-state index in [9.17, 15) is 9.59 Å². The number of benzene rings is 3. The van der Waals surface area contributed by atoms with E-state index in [2.05, 4.69) is 5.32 Å². The lowest BCUT2D eigenvalue weighted by molar-refractivity contribution is -0.122. The van der Waals surface area contributed by atoms with Crippen molar-refractivity contribution in [3.8, 4) is 5.75 Å². The van der Waals surface area contributed by atoms with Crippen molar-refractivity contribution in [2.45, 2.75) is 13.0 Å². The second-order valence-electron chi connectivity index (χ2n) is 6.10. The first kappa shape index (κ1) is 19.9. The molecule has 0 heterocycles. The molecule has 0 bridgehead atoms. The van der Waals surface area contributed by atoms with Gasteiger partial charge in [-0.2, -0.15) is 0 Å². The number of nitrogens with one attached hydrogen (secondary N) is 1. The number of amides is 1. The molecule has 0 saturated carbocycles. The van der Waals surface area contributed by atoms with Crippen molar-refractivity contribution in [3.63, 3.8) is 0 Å². The van der Waals surface area contributed by atoms with Gasteiger partial charge in [0.1, 0.15) is 5.75 Å². The summed E-state index contributed by atoms with van der Waals surface area (Å²) in [4.78, 5) is 24.8. The summed E-state index contributed by atoms with van der Waals surface area (Å²) in [6.07, 6.45) is -0.774. The van der Waals surface area contributed by atoms with E-state index < -0.39 is 6.10 Å². The van der Waals surface area contributed by atoms with Crippen molar-refractivity contribution in [2.75, 3.05) is 5.32 Å². The number of anilines is 1. The molecule has 0 saturated heterocycles. The standard InChI is InChI=1S/C22H17Cl2NO3/c1-14(28-20-12-9-17(23)13-19(20)24)22(27)25-18-10-7-16(8-11-18)21(26)15-5-3-2-4-6-15/h2-14H,1H3,(H,25,27)/t14-/m0/s1. The molecule has 3 aromatic rings. The zero-order valence-corrected chi connectivity index (χ0v) is 16.5. The molecule has 4 nitrogen and oxygen atoms in total. The third-order valence-corrected chi connectivity index (χ3v) is 4.55. The van der Waals surface area contributed by atoms with Gasteiger partial charge in [-0.05, 0) is 49.4 Å². The number of halogens is 2. The summed E-state index contributed by atoms with van der Waals surface area (Å²) in [5.74, 6) is -0.0433. The highest BCUT2D eigenvalue weighted by molar-refractivity contribution is 6.35. The second kappa shape index (κ2) is 8.91. The van der Waals surface area contributed by atoms with Crippen LogP contribution < -0.4 is 10.1 Å². The maximum atomic E-state index is 12.4. The quantitative estimate of drug-likeness (QED) is 0.532. The maximum absolute atomic E-state index is 12.4. The van der Waals surface area contributed by atoms with Gasteiger partial charge in [-0.25, -0.2) is 0 Å². The summed E-state index contributed by atoms with van der Waals surface area (Å²) in [6, 6.07) is 20.5. The van der Waals surface area contributed by atoms with Gasteiger partial charge in [0, 0.05) is 21.8 Å². The minimum Gasteiger partial charge on any atom is -0.479 e. The van der Waals surface area contributed by atoms with Crippen LogP contribution in [0.25, 0.3) is 0 Å².